The van der Waals surface area contributed by atoms with Crippen LogP contribution in [0.15, 0.2) is 28.9 Å². The van der Waals surface area contributed by atoms with Crippen molar-refractivity contribution in [2.75, 3.05) is 0 Å². The van der Waals surface area contributed by atoms with Gasteiger partial charge in [-0.25, -0.2) is 4.98 Å². The van der Waals surface area contributed by atoms with E-state index in [-0.39, 0.29) is 12.1 Å². The van der Waals surface area contributed by atoms with E-state index in [0.717, 1.165) is 4.47 Å². The van der Waals surface area contributed by atoms with Gasteiger partial charge in [-0.1, -0.05) is 29.8 Å². The van der Waals surface area contributed by atoms with Crippen LogP contribution in [0.5, 0.6) is 0 Å². The molecule has 112 valence electrons. The zero-order valence-corrected chi connectivity index (χ0v) is 13.5. The van der Waals surface area contributed by atoms with Crippen molar-refractivity contribution < 1.29 is 10.0 Å². The molecule has 0 bridgehead atoms. The third-order valence-electron chi connectivity index (χ3n) is 3.30. The Labute approximate surface area is 131 Å². The summed E-state index contributed by atoms with van der Waals surface area (Å²) in [7, 11) is 0. The minimum Gasteiger partial charge on any atom is -0.393 e. The molecule has 0 saturated heterocycles. The van der Waals surface area contributed by atoms with E-state index in [1.165, 1.54) is 6.20 Å². The molecule has 2 aromatic rings. The summed E-state index contributed by atoms with van der Waals surface area (Å²) in [5.41, 5.74) is 1.19. The highest BCUT2D eigenvalue weighted by atomic mass is 79.9. The molecule has 0 fully saturated rings. The second kappa shape index (κ2) is 6.49. The quantitative estimate of drug-likeness (QED) is 0.654. The molecule has 0 aliphatic carbocycles. The highest BCUT2D eigenvalue weighted by Crippen LogP contribution is 2.30. The topological polar surface area (TPSA) is 76.3 Å². The largest absolute Gasteiger partial charge is 0.393 e. The van der Waals surface area contributed by atoms with Gasteiger partial charge in [-0.05, 0) is 30.5 Å². The van der Waals surface area contributed by atoms with E-state index in [0.29, 0.717) is 28.8 Å². The number of aromatic nitrogens is 1. The highest BCUT2D eigenvalue weighted by Gasteiger charge is 2.21. The average molecular weight is 353 g/mol. The zero-order valence-electron chi connectivity index (χ0n) is 11.9. The molecule has 6 heteroatoms. The van der Waals surface area contributed by atoms with Crippen LogP contribution in [0.3, 0.4) is 0 Å². The first-order valence-electron chi connectivity index (χ1n) is 6.78. The Morgan fingerprint density at radius 3 is 2.76 bits per heavy atom. The first-order valence-corrected chi connectivity index (χ1v) is 7.57. The Balaban J connectivity index is 2.53. The molecule has 0 aliphatic heterocycles. The van der Waals surface area contributed by atoms with E-state index in [9.17, 15) is 15.2 Å². The number of fused-ring (bicyclic) bond motifs is 1. The summed E-state index contributed by atoms with van der Waals surface area (Å²) in [5.74, 6) is 0.332. The van der Waals surface area contributed by atoms with Gasteiger partial charge in [0.05, 0.1) is 16.5 Å². The van der Waals surface area contributed by atoms with E-state index in [1.807, 2.05) is 32.0 Å². The summed E-state index contributed by atoms with van der Waals surface area (Å²) >= 11 is 3.37. The third-order valence-corrected chi connectivity index (χ3v) is 3.79. The molecule has 0 radical (unpaired) electrons. The lowest BCUT2D eigenvalue weighted by molar-refractivity contribution is -0.385. The summed E-state index contributed by atoms with van der Waals surface area (Å²) in [6.07, 6.45) is 1.53. The second-order valence-corrected chi connectivity index (χ2v) is 6.44. The first-order chi connectivity index (χ1) is 9.88. The number of aliphatic hydroxyl groups excluding tert-OH is 1. The van der Waals surface area contributed by atoms with Crippen molar-refractivity contribution in [1.82, 2.24) is 4.98 Å². The van der Waals surface area contributed by atoms with Gasteiger partial charge in [0.1, 0.15) is 6.20 Å². The third kappa shape index (κ3) is 3.77. The molecule has 2 rings (SSSR count). The van der Waals surface area contributed by atoms with Gasteiger partial charge in [-0.2, -0.15) is 0 Å². The van der Waals surface area contributed by atoms with Crippen LogP contribution in [0.25, 0.3) is 10.9 Å². The Morgan fingerprint density at radius 1 is 1.43 bits per heavy atom. The minimum atomic E-state index is -0.603. The lowest BCUT2D eigenvalue weighted by Crippen LogP contribution is -2.15. The standard InChI is InChI=1S/C15H17BrN2O3/c1-9(2)5-11(19)7-13-12-6-10(16)3-4-14(12)17-8-15(13)18(20)21/h3-4,6,8-9,11,19H,5,7H2,1-2H3. The molecule has 1 aromatic carbocycles. The van der Waals surface area contributed by atoms with Gasteiger partial charge in [0.25, 0.3) is 5.69 Å². The number of nitro groups is 1. The number of rotatable bonds is 5. The Kier molecular flexibility index (Phi) is 4.90. The fraction of sp³-hybridized carbons (Fsp3) is 0.400. The number of aliphatic hydroxyl groups is 1. The molecule has 21 heavy (non-hydrogen) atoms. The SMILES string of the molecule is CC(C)CC(O)Cc1c([N+](=O)[O-])cnc2ccc(Br)cc12. The van der Waals surface area contributed by atoms with Crippen molar-refractivity contribution >= 4 is 32.5 Å². The Morgan fingerprint density at radius 2 is 2.14 bits per heavy atom. The molecule has 0 saturated carbocycles. The lowest BCUT2D eigenvalue weighted by Gasteiger charge is -2.14. The molecule has 0 aliphatic rings. The molecule has 1 unspecified atom stereocenters. The van der Waals surface area contributed by atoms with Gasteiger partial charge in [0.15, 0.2) is 0 Å². The van der Waals surface area contributed by atoms with Crippen molar-refractivity contribution in [2.24, 2.45) is 5.92 Å². The predicted molar refractivity (Wildman–Crippen MR) is 85.3 cm³/mol. The van der Waals surface area contributed by atoms with Gasteiger partial charge < -0.3 is 5.11 Å². The van der Waals surface area contributed by atoms with Gasteiger partial charge in [0.2, 0.25) is 0 Å². The van der Waals surface area contributed by atoms with E-state index < -0.39 is 11.0 Å². The Bertz CT molecular complexity index is 673. The molecule has 0 amide bonds. The van der Waals surface area contributed by atoms with Crippen molar-refractivity contribution in [3.8, 4) is 0 Å². The van der Waals surface area contributed by atoms with Gasteiger partial charge in [0, 0.05) is 21.8 Å². The fourth-order valence-corrected chi connectivity index (χ4v) is 2.81. The van der Waals surface area contributed by atoms with Crippen LogP contribution >= 0.6 is 15.9 Å². The van der Waals surface area contributed by atoms with Gasteiger partial charge in [-0.15, -0.1) is 0 Å². The maximum Gasteiger partial charge on any atom is 0.291 e. The average Bonchev–Trinajstić information content (AvgIpc) is 2.38. The number of pyridine rings is 1. The van der Waals surface area contributed by atoms with Crippen molar-refractivity contribution in [3.63, 3.8) is 0 Å². The van der Waals surface area contributed by atoms with Crippen molar-refractivity contribution in [1.29, 1.82) is 0 Å². The van der Waals surface area contributed by atoms with Gasteiger partial charge in [-0.3, -0.25) is 10.1 Å². The fourth-order valence-electron chi connectivity index (χ4n) is 2.44. The molecule has 5 nitrogen and oxygen atoms in total. The molecular weight excluding hydrogens is 336 g/mol. The van der Waals surface area contributed by atoms with Crippen LogP contribution in [0, 0.1) is 16.0 Å². The summed E-state index contributed by atoms with van der Waals surface area (Å²) in [5, 5.41) is 22.1. The molecule has 1 N–H and O–H groups in total. The normalized spacial score (nSPS) is 12.8. The van der Waals surface area contributed by atoms with E-state index in [2.05, 4.69) is 20.9 Å². The summed E-state index contributed by atoms with van der Waals surface area (Å²) in [4.78, 5) is 14.9. The summed E-state index contributed by atoms with van der Waals surface area (Å²) in [6, 6.07) is 5.46. The van der Waals surface area contributed by atoms with Crippen molar-refractivity contribution in [3.05, 3.63) is 44.5 Å². The Hall–Kier alpha value is -1.53. The number of hydrogen-bond acceptors (Lipinski definition) is 4. The lowest BCUT2D eigenvalue weighted by atomic mass is 9.96. The minimum absolute atomic E-state index is 0.0385. The van der Waals surface area contributed by atoms with Crippen LogP contribution in [-0.4, -0.2) is 21.1 Å². The molecule has 1 aromatic heterocycles. The first kappa shape index (κ1) is 15.9. The summed E-state index contributed by atoms with van der Waals surface area (Å²) in [6.45, 7) is 4.03. The van der Waals surface area contributed by atoms with Crippen LogP contribution in [0.4, 0.5) is 5.69 Å². The molecular formula is C15H17BrN2O3. The van der Waals surface area contributed by atoms with Crippen LogP contribution in [0.1, 0.15) is 25.8 Å². The maximum absolute atomic E-state index is 11.2. The number of nitrogens with zero attached hydrogens (tertiary/aromatic N) is 2. The van der Waals surface area contributed by atoms with Crippen molar-refractivity contribution in [2.45, 2.75) is 32.8 Å². The molecule has 0 spiro atoms. The van der Waals surface area contributed by atoms with Gasteiger partial charge >= 0.3 is 0 Å². The number of benzene rings is 1. The van der Waals surface area contributed by atoms with Crippen LogP contribution < -0.4 is 0 Å². The second-order valence-electron chi connectivity index (χ2n) is 5.53. The number of halogens is 1. The summed E-state index contributed by atoms with van der Waals surface area (Å²) < 4.78 is 0.830. The molecule has 1 atom stereocenters. The van der Waals surface area contributed by atoms with E-state index >= 15 is 0 Å². The molecule has 1 heterocycles. The van der Waals surface area contributed by atoms with E-state index in [1.54, 1.807) is 0 Å². The predicted octanol–water partition coefficient (Wildman–Crippen LogP) is 3.86. The maximum atomic E-state index is 11.2. The highest BCUT2D eigenvalue weighted by molar-refractivity contribution is 9.10. The smallest absolute Gasteiger partial charge is 0.291 e. The van der Waals surface area contributed by atoms with E-state index in [4.69, 9.17) is 0 Å². The number of hydrogen-bond donors (Lipinski definition) is 1. The van der Waals surface area contributed by atoms with Crippen LogP contribution in [-0.2, 0) is 6.42 Å². The zero-order chi connectivity index (χ0) is 15.6. The monoisotopic (exact) mass is 352 g/mol. The van der Waals surface area contributed by atoms with Crippen LogP contribution in [0.2, 0.25) is 0 Å².